The number of hydrogen-bond donors (Lipinski definition) is 0. The van der Waals surface area contributed by atoms with E-state index in [0.29, 0.717) is 0 Å². The first-order valence-electron chi connectivity index (χ1n) is 6.78. The van der Waals surface area contributed by atoms with Crippen molar-refractivity contribution in [3.05, 3.63) is 17.5 Å². The molecule has 3 aliphatic rings. The topological polar surface area (TPSA) is 21.1 Å². The largest absolute Gasteiger partial charge is 0.292 e. The predicted octanol–water partition coefficient (Wildman–Crippen LogP) is 2.08. The Bertz CT molecular complexity index is 418. The van der Waals surface area contributed by atoms with Crippen LogP contribution in [0.1, 0.15) is 36.6 Å². The van der Waals surface area contributed by atoms with Gasteiger partial charge in [0.1, 0.15) is 0 Å². The molecule has 3 nitrogen and oxygen atoms in total. The molecule has 0 aromatic carbocycles. The van der Waals surface area contributed by atoms with Crippen molar-refractivity contribution >= 4 is 11.8 Å². The Morgan fingerprint density at radius 2 is 2.18 bits per heavy atom. The number of hydrogen-bond acceptors (Lipinski definition) is 3. The molecule has 2 fully saturated rings. The molecule has 17 heavy (non-hydrogen) atoms. The van der Waals surface area contributed by atoms with Crippen LogP contribution in [0.5, 0.6) is 0 Å². The van der Waals surface area contributed by atoms with E-state index in [9.17, 15) is 0 Å². The predicted molar refractivity (Wildman–Crippen MR) is 70.3 cm³/mol. The van der Waals surface area contributed by atoms with Crippen molar-refractivity contribution in [1.82, 2.24) is 14.7 Å². The van der Waals surface area contributed by atoms with E-state index in [-0.39, 0.29) is 0 Å². The minimum absolute atomic E-state index is 0.795. The zero-order valence-electron chi connectivity index (χ0n) is 10.1. The van der Waals surface area contributed by atoms with Gasteiger partial charge in [-0.2, -0.15) is 16.9 Å². The lowest BCUT2D eigenvalue weighted by Crippen LogP contribution is -2.41. The van der Waals surface area contributed by atoms with E-state index in [0.717, 1.165) is 25.0 Å². The molecule has 0 amide bonds. The minimum atomic E-state index is 0.795. The van der Waals surface area contributed by atoms with Crippen LogP contribution in [0.2, 0.25) is 0 Å². The summed E-state index contributed by atoms with van der Waals surface area (Å²) in [5.41, 5.74) is 2.82. The first kappa shape index (κ1) is 10.4. The molecule has 1 aromatic heterocycles. The molecule has 4 heteroatoms. The van der Waals surface area contributed by atoms with Gasteiger partial charge < -0.3 is 0 Å². The SMILES string of the molecule is c1c(C2CC2)nn2c1CN(C1CCSC1)CC2. The second kappa shape index (κ2) is 4.02. The fourth-order valence-corrected chi connectivity index (χ4v) is 4.26. The van der Waals surface area contributed by atoms with Crippen LogP contribution in [0, 0.1) is 0 Å². The summed E-state index contributed by atoms with van der Waals surface area (Å²) in [4.78, 5) is 2.67. The summed E-state index contributed by atoms with van der Waals surface area (Å²) in [6, 6.07) is 3.19. The molecule has 0 N–H and O–H groups in total. The summed E-state index contributed by atoms with van der Waals surface area (Å²) in [5.74, 6) is 3.49. The van der Waals surface area contributed by atoms with E-state index < -0.39 is 0 Å². The van der Waals surface area contributed by atoms with Gasteiger partial charge in [-0.05, 0) is 31.1 Å². The van der Waals surface area contributed by atoms with E-state index in [4.69, 9.17) is 5.10 Å². The molecule has 3 heterocycles. The van der Waals surface area contributed by atoms with Gasteiger partial charge in [-0.25, -0.2) is 0 Å². The Labute approximate surface area is 107 Å². The lowest BCUT2D eigenvalue weighted by atomic mass is 10.1. The fourth-order valence-electron chi connectivity index (χ4n) is 3.01. The fraction of sp³-hybridized carbons (Fsp3) is 0.769. The van der Waals surface area contributed by atoms with Crippen molar-refractivity contribution in [2.75, 3.05) is 18.1 Å². The number of fused-ring (bicyclic) bond motifs is 1. The first-order valence-corrected chi connectivity index (χ1v) is 7.94. The maximum absolute atomic E-state index is 4.76. The smallest absolute Gasteiger partial charge is 0.0658 e. The summed E-state index contributed by atoms with van der Waals surface area (Å²) in [5, 5.41) is 4.76. The summed E-state index contributed by atoms with van der Waals surface area (Å²) in [6.07, 6.45) is 4.10. The van der Waals surface area contributed by atoms with E-state index in [1.54, 1.807) is 0 Å². The standard InChI is InChI=1S/C13H19N3S/c1-2-10(1)13-7-12-8-15(4-5-16(12)14-13)11-3-6-17-9-11/h7,10-11H,1-6,8-9H2. The Hall–Kier alpha value is -0.480. The van der Waals surface area contributed by atoms with Gasteiger partial charge in [-0.3, -0.25) is 9.58 Å². The van der Waals surface area contributed by atoms with Crippen molar-refractivity contribution in [3.8, 4) is 0 Å². The molecule has 1 atom stereocenters. The Balaban J connectivity index is 1.53. The van der Waals surface area contributed by atoms with Crippen LogP contribution in [-0.2, 0) is 13.1 Å². The highest BCUT2D eigenvalue weighted by Gasteiger charge is 2.31. The van der Waals surface area contributed by atoms with Crippen molar-refractivity contribution in [3.63, 3.8) is 0 Å². The van der Waals surface area contributed by atoms with Crippen LogP contribution in [-0.4, -0.2) is 38.8 Å². The summed E-state index contributed by atoms with van der Waals surface area (Å²) < 4.78 is 2.26. The molecule has 0 spiro atoms. The molecule has 4 rings (SSSR count). The third kappa shape index (κ3) is 1.91. The van der Waals surface area contributed by atoms with Crippen LogP contribution >= 0.6 is 11.8 Å². The highest BCUT2D eigenvalue weighted by atomic mass is 32.2. The highest BCUT2D eigenvalue weighted by molar-refractivity contribution is 7.99. The summed E-state index contributed by atoms with van der Waals surface area (Å²) in [7, 11) is 0. The second-order valence-corrected chi connectivity index (χ2v) is 6.70. The van der Waals surface area contributed by atoms with Crippen molar-refractivity contribution in [2.24, 2.45) is 0 Å². The van der Waals surface area contributed by atoms with Gasteiger partial charge >= 0.3 is 0 Å². The van der Waals surface area contributed by atoms with Gasteiger partial charge in [-0.15, -0.1) is 0 Å². The molecule has 1 aromatic rings. The molecular weight excluding hydrogens is 230 g/mol. The van der Waals surface area contributed by atoms with Gasteiger partial charge in [0.25, 0.3) is 0 Å². The van der Waals surface area contributed by atoms with Gasteiger partial charge in [0.15, 0.2) is 0 Å². The van der Waals surface area contributed by atoms with Gasteiger partial charge in [0.2, 0.25) is 0 Å². The van der Waals surface area contributed by atoms with Crippen LogP contribution in [0.3, 0.4) is 0 Å². The average molecular weight is 249 g/mol. The third-order valence-corrected chi connectivity index (χ3v) is 5.41. The molecule has 0 radical (unpaired) electrons. The molecular formula is C13H19N3S. The van der Waals surface area contributed by atoms with Gasteiger partial charge in [0, 0.05) is 30.8 Å². The summed E-state index contributed by atoms with van der Waals surface area (Å²) in [6.45, 7) is 3.43. The third-order valence-electron chi connectivity index (χ3n) is 4.26. The molecule has 1 unspecified atom stereocenters. The zero-order valence-corrected chi connectivity index (χ0v) is 11.0. The average Bonchev–Trinajstić information content (AvgIpc) is 2.92. The second-order valence-electron chi connectivity index (χ2n) is 5.55. The van der Waals surface area contributed by atoms with Crippen LogP contribution in [0.15, 0.2) is 6.07 Å². The van der Waals surface area contributed by atoms with E-state index in [1.807, 2.05) is 0 Å². The van der Waals surface area contributed by atoms with Crippen LogP contribution in [0.25, 0.3) is 0 Å². The van der Waals surface area contributed by atoms with E-state index in [1.165, 1.54) is 48.7 Å². The summed E-state index contributed by atoms with van der Waals surface area (Å²) >= 11 is 2.11. The van der Waals surface area contributed by atoms with Crippen molar-refractivity contribution in [2.45, 2.75) is 44.3 Å². The molecule has 0 bridgehead atoms. The quantitative estimate of drug-likeness (QED) is 0.801. The lowest BCUT2D eigenvalue weighted by molar-refractivity contribution is 0.164. The number of nitrogens with zero attached hydrogens (tertiary/aromatic N) is 3. The molecule has 1 aliphatic carbocycles. The Morgan fingerprint density at radius 1 is 1.24 bits per heavy atom. The maximum Gasteiger partial charge on any atom is 0.0658 e. The molecule has 1 saturated heterocycles. The molecule has 2 aliphatic heterocycles. The van der Waals surface area contributed by atoms with Crippen molar-refractivity contribution in [1.29, 1.82) is 0 Å². The molecule has 1 saturated carbocycles. The normalized spacial score (nSPS) is 29.5. The van der Waals surface area contributed by atoms with E-state index in [2.05, 4.69) is 27.4 Å². The zero-order chi connectivity index (χ0) is 11.2. The van der Waals surface area contributed by atoms with Crippen molar-refractivity contribution < 1.29 is 0 Å². The number of thioether (sulfide) groups is 1. The first-order chi connectivity index (χ1) is 8.40. The number of aromatic nitrogens is 2. The van der Waals surface area contributed by atoms with Gasteiger partial charge in [0.05, 0.1) is 17.9 Å². The lowest BCUT2D eigenvalue weighted by Gasteiger charge is -2.32. The van der Waals surface area contributed by atoms with Crippen LogP contribution < -0.4 is 0 Å². The number of rotatable bonds is 2. The highest BCUT2D eigenvalue weighted by Crippen LogP contribution is 2.40. The Morgan fingerprint density at radius 3 is 2.94 bits per heavy atom. The Kier molecular flexibility index (Phi) is 2.47. The monoisotopic (exact) mass is 249 g/mol. The van der Waals surface area contributed by atoms with Gasteiger partial charge in [-0.1, -0.05) is 0 Å². The minimum Gasteiger partial charge on any atom is -0.292 e. The van der Waals surface area contributed by atoms with E-state index >= 15 is 0 Å². The maximum atomic E-state index is 4.76. The molecule has 92 valence electrons. The van der Waals surface area contributed by atoms with Crippen LogP contribution in [0.4, 0.5) is 0 Å².